The number of rotatable bonds is 4. The zero-order valence-electron chi connectivity index (χ0n) is 16.5. The molecule has 3 aromatic rings. The summed E-state index contributed by atoms with van der Waals surface area (Å²) in [7, 11) is 0. The average molecular weight is 411 g/mol. The van der Waals surface area contributed by atoms with Crippen LogP contribution in [0.2, 0.25) is 0 Å². The Morgan fingerprint density at radius 3 is 2.62 bits per heavy atom. The topological polar surface area (TPSA) is 58.9 Å². The first-order chi connectivity index (χ1) is 13.9. The summed E-state index contributed by atoms with van der Waals surface area (Å²) in [5.41, 5.74) is 3.86. The van der Waals surface area contributed by atoms with Gasteiger partial charge in [-0.25, -0.2) is 0 Å². The first kappa shape index (κ1) is 20.0. The summed E-state index contributed by atoms with van der Waals surface area (Å²) in [6.07, 6.45) is 6.03. The van der Waals surface area contributed by atoms with E-state index in [0.717, 1.165) is 57.9 Å². The fourth-order valence-electron chi connectivity index (χ4n) is 4.42. The third-order valence-corrected chi connectivity index (χ3v) is 5.95. The lowest BCUT2D eigenvalue weighted by molar-refractivity contribution is 0.199. The molecule has 2 aromatic heterocycles. The van der Waals surface area contributed by atoms with Crippen LogP contribution in [0.1, 0.15) is 36.0 Å². The highest BCUT2D eigenvalue weighted by Gasteiger charge is 2.27. The second-order valence-corrected chi connectivity index (χ2v) is 7.79. The highest BCUT2D eigenvalue weighted by Crippen LogP contribution is 2.29. The number of nitrogens with zero attached hydrogens (tertiary/aromatic N) is 5. The van der Waals surface area contributed by atoms with Gasteiger partial charge in [0.2, 0.25) is 0 Å². The van der Waals surface area contributed by atoms with Crippen molar-refractivity contribution in [2.24, 2.45) is 0 Å². The van der Waals surface area contributed by atoms with Crippen LogP contribution < -0.4 is 5.32 Å². The predicted octanol–water partition coefficient (Wildman–Crippen LogP) is 3.24. The molecule has 152 valence electrons. The van der Waals surface area contributed by atoms with Gasteiger partial charge in [0.15, 0.2) is 0 Å². The molecule has 2 aliphatic rings. The maximum atomic E-state index is 4.53. The molecule has 0 saturated carbocycles. The summed E-state index contributed by atoms with van der Waals surface area (Å²) in [5.74, 6) is 2.84. The molecule has 0 bridgehead atoms. The number of hydrogen-bond acceptors (Lipinski definition) is 5. The van der Waals surface area contributed by atoms with Crippen molar-refractivity contribution in [3.63, 3.8) is 0 Å². The number of aromatic nitrogens is 4. The van der Waals surface area contributed by atoms with Crippen LogP contribution in [0.25, 0.3) is 11.1 Å². The van der Waals surface area contributed by atoms with Gasteiger partial charge in [-0.1, -0.05) is 18.2 Å². The van der Waals surface area contributed by atoms with Gasteiger partial charge < -0.3 is 9.88 Å². The normalized spacial score (nSPS) is 17.5. The van der Waals surface area contributed by atoms with E-state index in [1.54, 1.807) is 0 Å². The summed E-state index contributed by atoms with van der Waals surface area (Å²) in [6.45, 7) is 6.10. The third-order valence-electron chi connectivity index (χ3n) is 5.95. The van der Waals surface area contributed by atoms with Crippen molar-refractivity contribution < 1.29 is 0 Å². The maximum absolute atomic E-state index is 4.53. The number of fused-ring (bicyclic) bond motifs is 1. The Kier molecular flexibility index (Phi) is 6.23. The standard InChI is InChI=1S/C22H26N6.ClH/c1-2-17(14-20(3-1)18-4-8-23-9-5-18)16-27-11-6-19(7-12-27)22-26-25-21-15-24-10-13-28(21)22;/h1-5,8-9,14,19,24H,6-7,10-13,15-16H2;1H. The smallest absolute Gasteiger partial charge is 0.147 e. The van der Waals surface area contributed by atoms with E-state index >= 15 is 0 Å². The van der Waals surface area contributed by atoms with E-state index in [2.05, 4.69) is 66.4 Å². The van der Waals surface area contributed by atoms with Gasteiger partial charge in [0, 0.05) is 37.9 Å². The number of halogens is 1. The second-order valence-electron chi connectivity index (χ2n) is 7.79. The van der Waals surface area contributed by atoms with E-state index < -0.39 is 0 Å². The number of pyridine rings is 1. The number of piperidine rings is 1. The van der Waals surface area contributed by atoms with Crippen LogP contribution in [0.4, 0.5) is 0 Å². The molecule has 7 heteroatoms. The van der Waals surface area contributed by atoms with Gasteiger partial charge in [-0.2, -0.15) is 0 Å². The molecule has 2 aliphatic heterocycles. The molecule has 0 aliphatic carbocycles. The van der Waals surface area contributed by atoms with Gasteiger partial charge in [0.05, 0.1) is 6.54 Å². The molecule has 0 unspecified atom stereocenters. The molecular weight excluding hydrogens is 384 g/mol. The van der Waals surface area contributed by atoms with Gasteiger partial charge in [-0.15, -0.1) is 22.6 Å². The van der Waals surface area contributed by atoms with Crippen LogP contribution in [-0.4, -0.2) is 44.3 Å². The lowest BCUT2D eigenvalue weighted by Crippen LogP contribution is -2.34. The summed E-state index contributed by atoms with van der Waals surface area (Å²) < 4.78 is 2.34. The summed E-state index contributed by atoms with van der Waals surface area (Å²) in [6, 6.07) is 13.0. The van der Waals surface area contributed by atoms with Crippen LogP contribution >= 0.6 is 12.4 Å². The molecule has 1 saturated heterocycles. The van der Waals surface area contributed by atoms with Crippen molar-refractivity contribution in [3.05, 3.63) is 66.0 Å². The molecule has 1 fully saturated rings. The summed E-state index contributed by atoms with van der Waals surface area (Å²) in [5, 5.41) is 12.3. The minimum absolute atomic E-state index is 0. The van der Waals surface area contributed by atoms with E-state index in [9.17, 15) is 0 Å². The van der Waals surface area contributed by atoms with Crippen molar-refractivity contribution in [3.8, 4) is 11.1 Å². The molecule has 0 radical (unpaired) electrons. The SMILES string of the molecule is Cl.c1cc(CN2CCC(c3nnc4n3CCNC4)CC2)cc(-c2ccncc2)c1. The predicted molar refractivity (Wildman–Crippen MR) is 116 cm³/mol. The first-order valence-electron chi connectivity index (χ1n) is 10.2. The largest absolute Gasteiger partial charge is 0.312 e. The molecule has 1 N–H and O–H groups in total. The number of likely N-dealkylation sites (tertiary alicyclic amines) is 1. The zero-order valence-corrected chi connectivity index (χ0v) is 17.3. The molecule has 4 heterocycles. The molecule has 5 rings (SSSR count). The zero-order chi connectivity index (χ0) is 18.8. The fraction of sp³-hybridized carbons (Fsp3) is 0.409. The van der Waals surface area contributed by atoms with Crippen molar-refractivity contribution in [1.82, 2.24) is 30.0 Å². The van der Waals surface area contributed by atoms with E-state index in [4.69, 9.17) is 0 Å². The Hall–Kier alpha value is -2.28. The molecule has 1 aromatic carbocycles. The van der Waals surface area contributed by atoms with Crippen molar-refractivity contribution in [1.29, 1.82) is 0 Å². The van der Waals surface area contributed by atoms with Crippen molar-refractivity contribution in [2.45, 2.75) is 38.4 Å². The van der Waals surface area contributed by atoms with E-state index in [0.29, 0.717) is 5.92 Å². The Morgan fingerprint density at radius 1 is 0.966 bits per heavy atom. The highest BCUT2D eigenvalue weighted by molar-refractivity contribution is 5.85. The monoisotopic (exact) mass is 410 g/mol. The number of benzene rings is 1. The minimum Gasteiger partial charge on any atom is -0.312 e. The molecule has 0 amide bonds. The van der Waals surface area contributed by atoms with E-state index in [1.165, 1.54) is 22.5 Å². The van der Waals surface area contributed by atoms with E-state index in [1.807, 2.05) is 12.4 Å². The Labute approximate surface area is 177 Å². The Bertz CT molecular complexity index is 933. The van der Waals surface area contributed by atoms with Gasteiger partial charge in [-0.3, -0.25) is 9.88 Å². The second kappa shape index (κ2) is 9.03. The van der Waals surface area contributed by atoms with Gasteiger partial charge in [0.25, 0.3) is 0 Å². The van der Waals surface area contributed by atoms with Gasteiger partial charge in [-0.05, 0) is 60.8 Å². The van der Waals surface area contributed by atoms with Crippen LogP contribution in [0, 0.1) is 0 Å². The number of hydrogen-bond donors (Lipinski definition) is 1. The Morgan fingerprint density at radius 2 is 1.79 bits per heavy atom. The van der Waals surface area contributed by atoms with Crippen LogP contribution in [0.5, 0.6) is 0 Å². The van der Waals surface area contributed by atoms with Crippen molar-refractivity contribution in [2.75, 3.05) is 19.6 Å². The highest BCUT2D eigenvalue weighted by atomic mass is 35.5. The summed E-state index contributed by atoms with van der Waals surface area (Å²) >= 11 is 0. The third kappa shape index (κ3) is 4.34. The Balaban J connectivity index is 0.00000205. The molecule has 6 nitrogen and oxygen atoms in total. The number of nitrogens with one attached hydrogen (secondary N) is 1. The quantitative estimate of drug-likeness (QED) is 0.715. The van der Waals surface area contributed by atoms with Crippen molar-refractivity contribution >= 4 is 12.4 Å². The van der Waals surface area contributed by atoms with Gasteiger partial charge in [0.1, 0.15) is 11.6 Å². The summed E-state index contributed by atoms with van der Waals surface area (Å²) in [4.78, 5) is 6.69. The molecule has 0 atom stereocenters. The van der Waals surface area contributed by atoms with Crippen LogP contribution in [0.15, 0.2) is 48.8 Å². The lowest BCUT2D eigenvalue weighted by atomic mass is 9.95. The van der Waals surface area contributed by atoms with Crippen LogP contribution in [-0.2, 0) is 19.6 Å². The maximum Gasteiger partial charge on any atom is 0.147 e. The lowest BCUT2D eigenvalue weighted by Gasteiger charge is -2.32. The van der Waals surface area contributed by atoms with Crippen LogP contribution in [0.3, 0.4) is 0 Å². The average Bonchev–Trinajstić information content (AvgIpc) is 3.19. The van der Waals surface area contributed by atoms with E-state index in [-0.39, 0.29) is 12.4 Å². The minimum atomic E-state index is 0. The fourth-order valence-corrected chi connectivity index (χ4v) is 4.42. The van der Waals surface area contributed by atoms with Gasteiger partial charge >= 0.3 is 0 Å². The molecule has 0 spiro atoms. The first-order valence-corrected chi connectivity index (χ1v) is 10.2. The molecular formula is C22H27ClN6. The molecule has 29 heavy (non-hydrogen) atoms.